The van der Waals surface area contributed by atoms with Crippen LogP contribution >= 0.6 is 0 Å². The van der Waals surface area contributed by atoms with E-state index in [1.165, 1.54) is 12.1 Å². The molecule has 3 nitrogen and oxygen atoms in total. The molecule has 0 saturated heterocycles. The maximum absolute atomic E-state index is 4.33. The molecule has 1 aromatic rings. The van der Waals surface area contributed by atoms with Gasteiger partial charge in [0.15, 0.2) is 0 Å². The average molecular weight is 163 g/mol. The van der Waals surface area contributed by atoms with E-state index in [1.807, 2.05) is 0 Å². The normalized spacial score (nSPS) is 18.4. The Balaban J connectivity index is 2.31. The highest BCUT2D eigenvalue weighted by atomic mass is 15.1. The Bertz CT molecular complexity index is 272. The summed E-state index contributed by atoms with van der Waals surface area (Å²) in [5.41, 5.74) is 2.33. The van der Waals surface area contributed by atoms with Crippen molar-refractivity contribution in [2.45, 2.75) is 19.4 Å². The van der Waals surface area contributed by atoms with Crippen molar-refractivity contribution < 1.29 is 0 Å². The van der Waals surface area contributed by atoms with Crippen LogP contribution < -0.4 is 0 Å². The van der Waals surface area contributed by atoms with Crippen LogP contribution in [0.1, 0.15) is 17.8 Å². The average Bonchev–Trinajstić information content (AvgIpc) is 2.25. The van der Waals surface area contributed by atoms with E-state index in [2.05, 4.69) is 21.9 Å². The summed E-state index contributed by atoms with van der Waals surface area (Å²) in [5.74, 6) is 0. The van der Waals surface area contributed by atoms with E-state index in [-0.39, 0.29) is 0 Å². The summed E-state index contributed by atoms with van der Waals surface area (Å²) in [7, 11) is 2.13. The lowest BCUT2D eigenvalue weighted by atomic mass is 10.2. The third-order valence-electron chi connectivity index (χ3n) is 2.23. The van der Waals surface area contributed by atoms with E-state index < -0.39 is 0 Å². The van der Waals surface area contributed by atoms with E-state index >= 15 is 0 Å². The van der Waals surface area contributed by atoms with Crippen LogP contribution in [0.15, 0.2) is 12.4 Å². The third-order valence-corrected chi connectivity index (χ3v) is 2.23. The number of nitrogens with zero attached hydrogens (tertiary/aromatic N) is 3. The molecule has 0 bridgehead atoms. The topological polar surface area (TPSA) is 29.0 Å². The second-order valence-electron chi connectivity index (χ2n) is 3.29. The zero-order valence-electron chi connectivity index (χ0n) is 7.32. The summed E-state index contributed by atoms with van der Waals surface area (Å²) in [4.78, 5) is 10.9. The first-order chi connectivity index (χ1) is 5.86. The van der Waals surface area contributed by atoms with E-state index in [9.17, 15) is 0 Å². The van der Waals surface area contributed by atoms with Gasteiger partial charge in [-0.2, -0.15) is 0 Å². The largest absolute Gasteiger partial charge is 0.300 e. The summed E-state index contributed by atoms with van der Waals surface area (Å²) < 4.78 is 0. The van der Waals surface area contributed by atoms with Crippen molar-refractivity contribution in [2.75, 3.05) is 13.6 Å². The number of aryl methyl sites for hydroxylation is 1. The molecule has 1 aliphatic rings. The zero-order valence-corrected chi connectivity index (χ0v) is 7.32. The van der Waals surface area contributed by atoms with Crippen molar-refractivity contribution in [3.8, 4) is 0 Å². The van der Waals surface area contributed by atoms with Gasteiger partial charge in [0, 0.05) is 18.9 Å². The lowest BCUT2D eigenvalue weighted by Gasteiger charge is -2.11. The van der Waals surface area contributed by atoms with Gasteiger partial charge in [-0.15, -0.1) is 0 Å². The maximum atomic E-state index is 4.33. The van der Waals surface area contributed by atoms with E-state index in [4.69, 9.17) is 0 Å². The molecule has 12 heavy (non-hydrogen) atoms. The van der Waals surface area contributed by atoms with Crippen LogP contribution in [-0.4, -0.2) is 28.5 Å². The fraction of sp³-hybridized carbons (Fsp3) is 0.556. The van der Waals surface area contributed by atoms with Crippen LogP contribution in [0.3, 0.4) is 0 Å². The van der Waals surface area contributed by atoms with E-state index in [0.717, 1.165) is 25.2 Å². The first kappa shape index (κ1) is 7.68. The van der Waals surface area contributed by atoms with Crippen molar-refractivity contribution in [3.05, 3.63) is 23.8 Å². The SMILES string of the molecule is CN1CCCc2nccnc2C1. The molecule has 0 spiro atoms. The maximum Gasteiger partial charge on any atom is 0.0758 e. The predicted molar refractivity (Wildman–Crippen MR) is 46.7 cm³/mol. The molecule has 0 unspecified atom stereocenters. The second kappa shape index (κ2) is 3.19. The lowest BCUT2D eigenvalue weighted by molar-refractivity contribution is 0.329. The number of aromatic nitrogens is 2. The highest BCUT2D eigenvalue weighted by Crippen LogP contribution is 2.11. The third kappa shape index (κ3) is 1.46. The summed E-state index contributed by atoms with van der Waals surface area (Å²) in [5, 5.41) is 0. The van der Waals surface area contributed by atoms with Gasteiger partial charge in [0.1, 0.15) is 0 Å². The summed E-state index contributed by atoms with van der Waals surface area (Å²) in [6.45, 7) is 2.10. The fourth-order valence-electron chi connectivity index (χ4n) is 1.59. The molecular formula is C9H13N3. The van der Waals surface area contributed by atoms with Crippen molar-refractivity contribution in [1.82, 2.24) is 14.9 Å². The lowest BCUT2D eigenvalue weighted by Crippen LogP contribution is -2.17. The van der Waals surface area contributed by atoms with Crippen molar-refractivity contribution >= 4 is 0 Å². The minimum Gasteiger partial charge on any atom is -0.300 e. The van der Waals surface area contributed by atoms with Gasteiger partial charge in [-0.3, -0.25) is 9.97 Å². The summed E-state index contributed by atoms with van der Waals surface area (Å²) in [6.07, 6.45) is 5.83. The Morgan fingerprint density at radius 1 is 1.25 bits per heavy atom. The number of hydrogen-bond acceptors (Lipinski definition) is 3. The standard InChI is InChI=1S/C9H13N3/c1-12-6-2-3-8-9(7-12)11-5-4-10-8/h4-5H,2-3,6-7H2,1H3. The minimum absolute atomic E-state index is 0.948. The van der Waals surface area contributed by atoms with Gasteiger partial charge < -0.3 is 4.90 Å². The Morgan fingerprint density at radius 3 is 2.83 bits per heavy atom. The van der Waals surface area contributed by atoms with Crippen molar-refractivity contribution in [1.29, 1.82) is 0 Å². The van der Waals surface area contributed by atoms with Gasteiger partial charge in [-0.1, -0.05) is 0 Å². The second-order valence-corrected chi connectivity index (χ2v) is 3.29. The first-order valence-corrected chi connectivity index (χ1v) is 4.33. The molecule has 0 aliphatic carbocycles. The van der Waals surface area contributed by atoms with Crippen LogP contribution in [0, 0.1) is 0 Å². The molecule has 0 aromatic carbocycles. The highest BCUT2D eigenvalue weighted by molar-refractivity contribution is 5.11. The molecule has 64 valence electrons. The number of hydrogen-bond donors (Lipinski definition) is 0. The molecule has 1 aliphatic heterocycles. The number of fused-ring (bicyclic) bond motifs is 1. The van der Waals surface area contributed by atoms with Crippen molar-refractivity contribution in [3.63, 3.8) is 0 Å². The molecule has 2 rings (SSSR count). The molecule has 1 aromatic heterocycles. The molecule has 0 atom stereocenters. The van der Waals surface area contributed by atoms with Gasteiger partial charge in [-0.25, -0.2) is 0 Å². The predicted octanol–water partition coefficient (Wildman–Crippen LogP) is 0.855. The number of rotatable bonds is 0. The zero-order chi connectivity index (χ0) is 8.39. The fourth-order valence-corrected chi connectivity index (χ4v) is 1.59. The molecule has 0 fully saturated rings. The Labute approximate surface area is 72.4 Å². The molecule has 2 heterocycles. The Morgan fingerprint density at radius 2 is 2.00 bits per heavy atom. The molecular weight excluding hydrogens is 150 g/mol. The van der Waals surface area contributed by atoms with Gasteiger partial charge in [-0.05, 0) is 26.4 Å². The molecule has 0 saturated carbocycles. The van der Waals surface area contributed by atoms with Crippen LogP contribution in [0.25, 0.3) is 0 Å². The quantitative estimate of drug-likeness (QED) is 0.568. The monoisotopic (exact) mass is 163 g/mol. The summed E-state index contributed by atoms with van der Waals surface area (Å²) >= 11 is 0. The molecule has 0 N–H and O–H groups in total. The van der Waals surface area contributed by atoms with Crippen LogP contribution in [-0.2, 0) is 13.0 Å². The molecule has 0 amide bonds. The van der Waals surface area contributed by atoms with Crippen LogP contribution in [0.5, 0.6) is 0 Å². The molecule has 0 radical (unpaired) electrons. The van der Waals surface area contributed by atoms with E-state index in [1.54, 1.807) is 12.4 Å². The van der Waals surface area contributed by atoms with E-state index in [0.29, 0.717) is 0 Å². The van der Waals surface area contributed by atoms with Gasteiger partial charge in [0.05, 0.1) is 11.4 Å². The molecule has 3 heteroatoms. The Kier molecular flexibility index (Phi) is 2.04. The van der Waals surface area contributed by atoms with Gasteiger partial charge >= 0.3 is 0 Å². The van der Waals surface area contributed by atoms with Crippen LogP contribution in [0.2, 0.25) is 0 Å². The Hall–Kier alpha value is -0.960. The van der Waals surface area contributed by atoms with Gasteiger partial charge in [0.25, 0.3) is 0 Å². The first-order valence-electron chi connectivity index (χ1n) is 4.33. The summed E-state index contributed by atoms with van der Waals surface area (Å²) in [6, 6.07) is 0. The van der Waals surface area contributed by atoms with Crippen LogP contribution in [0.4, 0.5) is 0 Å². The smallest absolute Gasteiger partial charge is 0.0758 e. The highest BCUT2D eigenvalue weighted by Gasteiger charge is 2.12. The minimum atomic E-state index is 0.948. The van der Waals surface area contributed by atoms with Crippen molar-refractivity contribution in [2.24, 2.45) is 0 Å². The van der Waals surface area contributed by atoms with Gasteiger partial charge in [0.2, 0.25) is 0 Å².